The third kappa shape index (κ3) is 4.19. The first-order valence-corrected chi connectivity index (χ1v) is 9.05. The fourth-order valence-corrected chi connectivity index (χ4v) is 3.75. The average molecular weight is 376 g/mol. The van der Waals surface area contributed by atoms with Crippen molar-refractivity contribution >= 4 is 0 Å². The van der Waals surface area contributed by atoms with Crippen LogP contribution in [0.4, 0.5) is 0 Å². The standard InChI is InChI=1S/C22H22N4.2H2O/c1-3-19-11-20(4-1)14-24-8-10-26(18-24)16-22-6-2-5-21(12-22)15-25-9-7-23(13-19)17-25;;/h1-12,17-18H,13-16H2;2*1H2/q+2;;/p-2. The molecule has 2 aromatic carbocycles. The Kier molecular flexibility index (Phi) is 5.73. The van der Waals surface area contributed by atoms with Gasteiger partial charge in [-0.1, -0.05) is 36.4 Å². The van der Waals surface area contributed by atoms with E-state index in [1.54, 1.807) is 0 Å². The molecule has 0 saturated heterocycles. The molecule has 0 amide bonds. The molecule has 144 valence electrons. The predicted octanol–water partition coefficient (Wildman–Crippen LogP) is 2.02. The van der Waals surface area contributed by atoms with E-state index in [4.69, 9.17) is 0 Å². The van der Waals surface area contributed by atoms with Gasteiger partial charge in [-0.05, 0) is 34.4 Å². The van der Waals surface area contributed by atoms with Gasteiger partial charge in [-0.15, -0.1) is 0 Å². The van der Waals surface area contributed by atoms with Gasteiger partial charge in [-0.25, -0.2) is 18.3 Å². The van der Waals surface area contributed by atoms with E-state index in [1.165, 1.54) is 22.3 Å². The highest BCUT2D eigenvalue weighted by Crippen LogP contribution is 2.10. The van der Waals surface area contributed by atoms with E-state index >= 15 is 0 Å². The zero-order chi connectivity index (χ0) is 17.3. The second-order valence-electron chi connectivity index (χ2n) is 7.16. The fraction of sp³-hybridized carbons (Fsp3) is 0.182. The summed E-state index contributed by atoms with van der Waals surface area (Å²) in [5, 5.41) is 0. The van der Waals surface area contributed by atoms with Gasteiger partial charge in [0.1, 0.15) is 51.0 Å². The van der Waals surface area contributed by atoms with Gasteiger partial charge in [0.05, 0.1) is 0 Å². The lowest BCUT2D eigenvalue weighted by molar-refractivity contribution is -0.688. The van der Waals surface area contributed by atoms with Crippen LogP contribution >= 0.6 is 0 Å². The van der Waals surface area contributed by atoms with Gasteiger partial charge in [0.15, 0.2) is 0 Å². The van der Waals surface area contributed by atoms with Crippen LogP contribution in [0.2, 0.25) is 0 Å². The molecule has 28 heavy (non-hydrogen) atoms. The highest BCUT2D eigenvalue weighted by molar-refractivity contribution is 5.24. The molecule has 4 aromatic rings. The normalized spacial score (nSPS) is 12.6. The highest BCUT2D eigenvalue weighted by atomic mass is 16.0. The third-order valence-electron chi connectivity index (χ3n) is 4.94. The van der Waals surface area contributed by atoms with Gasteiger partial charge < -0.3 is 11.0 Å². The number of aromatic nitrogens is 4. The van der Waals surface area contributed by atoms with Crippen LogP contribution in [0.5, 0.6) is 0 Å². The first-order chi connectivity index (χ1) is 12.8. The van der Waals surface area contributed by atoms with Crippen molar-refractivity contribution in [2.75, 3.05) is 0 Å². The summed E-state index contributed by atoms with van der Waals surface area (Å²) in [7, 11) is 0. The molecule has 0 fully saturated rings. The summed E-state index contributed by atoms with van der Waals surface area (Å²) in [6.45, 7) is 3.58. The molecule has 1 aliphatic rings. The van der Waals surface area contributed by atoms with Crippen molar-refractivity contribution in [3.8, 4) is 0 Å². The molecule has 2 N–H and O–H groups in total. The topological polar surface area (TPSA) is 77.6 Å². The van der Waals surface area contributed by atoms with Gasteiger partial charge in [-0.2, -0.15) is 0 Å². The largest absolute Gasteiger partial charge is 0.870 e. The number of benzene rings is 2. The van der Waals surface area contributed by atoms with Crippen LogP contribution in [-0.2, 0) is 26.2 Å². The molecule has 2 aromatic heterocycles. The maximum atomic E-state index is 2.31. The van der Waals surface area contributed by atoms with Crippen molar-refractivity contribution in [1.82, 2.24) is 9.13 Å². The summed E-state index contributed by atoms with van der Waals surface area (Å²) in [5.41, 5.74) is 5.33. The summed E-state index contributed by atoms with van der Waals surface area (Å²) < 4.78 is 8.99. The number of fused-ring (bicyclic) bond motifs is 8. The summed E-state index contributed by atoms with van der Waals surface area (Å²) in [5.74, 6) is 0. The number of rotatable bonds is 0. The van der Waals surface area contributed by atoms with Crippen molar-refractivity contribution in [2.45, 2.75) is 26.2 Å². The maximum absolute atomic E-state index is 2.31. The number of imidazole rings is 2. The Bertz CT molecular complexity index is 910. The van der Waals surface area contributed by atoms with E-state index in [0.717, 1.165) is 26.2 Å². The van der Waals surface area contributed by atoms with Gasteiger partial charge in [0.25, 0.3) is 0 Å². The smallest absolute Gasteiger partial charge is 0.244 e. The Labute approximate surface area is 164 Å². The Morgan fingerprint density at radius 1 is 0.607 bits per heavy atom. The molecule has 6 nitrogen and oxygen atoms in total. The van der Waals surface area contributed by atoms with E-state index in [0.29, 0.717) is 0 Å². The SMILES string of the molecule is [OH-].[OH-].c1cc2cc(c1)Cn1cc[n+](c1)Cc1cccc(c1)C[n+]1ccn(c1)C2. The van der Waals surface area contributed by atoms with E-state index in [9.17, 15) is 0 Å². The van der Waals surface area contributed by atoms with E-state index in [2.05, 4.69) is 104 Å². The average Bonchev–Trinajstić information content (AvgIpc) is 3.24. The highest BCUT2D eigenvalue weighted by Gasteiger charge is 2.11. The van der Waals surface area contributed by atoms with E-state index < -0.39 is 0 Å². The zero-order valence-electron chi connectivity index (χ0n) is 15.6. The maximum Gasteiger partial charge on any atom is 0.244 e. The predicted molar refractivity (Wildman–Crippen MR) is 102 cm³/mol. The molecule has 0 unspecified atom stereocenters. The molecule has 0 aliphatic carbocycles. The van der Waals surface area contributed by atoms with Gasteiger partial charge in [-0.3, -0.25) is 0 Å². The summed E-state index contributed by atoms with van der Waals surface area (Å²) in [6, 6.07) is 17.8. The minimum Gasteiger partial charge on any atom is -0.870 e. The molecule has 1 aliphatic heterocycles. The monoisotopic (exact) mass is 376 g/mol. The van der Waals surface area contributed by atoms with Crippen molar-refractivity contribution in [3.63, 3.8) is 0 Å². The van der Waals surface area contributed by atoms with Gasteiger partial charge >= 0.3 is 0 Å². The van der Waals surface area contributed by atoms with Crippen molar-refractivity contribution in [3.05, 3.63) is 108 Å². The first-order valence-electron chi connectivity index (χ1n) is 9.05. The Morgan fingerprint density at radius 3 is 1.54 bits per heavy atom. The van der Waals surface area contributed by atoms with Crippen molar-refractivity contribution in [2.24, 2.45) is 0 Å². The van der Waals surface area contributed by atoms with Crippen LogP contribution < -0.4 is 9.13 Å². The molecular formula is C22H24N4O2. The minimum atomic E-state index is 0. The second-order valence-corrected chi connectivity index (χ2v) is 7.16. The van der Waals surface area contributed by atoms with Crippen LogP contribution in [0.3, 0.4) is 0 Å². The lowest BCUT2D eigenvalue weighted by Crippen LogP contribution is -2.33. The first kappa shape index (κ1) is 19.5. The van der Waals surface area contributed by atoms with Crippen LogP contribution in [0.25, 0.3) is 0 Å². The van der Waals surface area contributed by atoms with Crippen LogP contribution in [-0.4, -0.2) is 20.1 Å². The van der Waals surface area contributed by atoms with Crippen molar-refractivity contribution < 1.29 is 20.1 Å². The minimum absolute atomic E-state index is 0. The summed E-state index contributed by atoms with van der Waals surface area (Å²) in [4.78, 5) is 0. The Balaban J connectivity index is 0.00000112. The molecule has 8 bridgehead atoms. The number of hydrogen-bond acceptors (Lipinski definition) is 2. The molecule has 5 rings (SSSR count). The Hall–Kier alpha value is -3.22. The van der Waals surface area contributed by atoms with Crippen LogP contribution in [0.1, 0.15) is 22.3 Å². The van der Waals surface area contributed by atoms with Gasteiger partial charge in [0, 0.05) is 0 Å². The van der Waals surface area contributed by atoms with Crippen LogP contribution in [0, 0.1) is 0 Å². The molecule has 3 heterocycles. The Morgan fingerprint density at radius 2 is 1.04 bits per heavy atom. The van der Waals surface area contributed by atoms with E-state index in [1.807, 2.05) is 0 Å². The number of hydrogen-bond donors (Lipinski definition) is 0. The molecular weight excluding hydrogens is 352 g/mol. The number of nitrogens with zero attached hydrogens (tertiary/aromatic N) is 4. The lowest BCUT2D eigenvalue weighted by atomic mass is 10.1. The molecule has 0 saturated carbocycles. The molecule has 0 spiro atoms. The second kappa shape index (κ2) is 8.21. The molecule has 0 radical (unpaired) electrons. The summed E-state index contributed by atoms with van der Waals surface area (Å²) >= 11 is 0. The van der Waals surface area contributed by atoms with Crippen LogP contribution in [0.15, 0.2) is 86.0 Å². The zero-order valence-corrected chi connectivity index (χ0v) is 15.6. The van der Waals surface area contributed by atoms with Gasteiger partial charge in [0.2, 0.25) is 12.7 Å². The molecule has 0 atom stereocenters. The lowest BCUT2D eigenvalue weighted by Gasteiger charge is -2.04. The molecule has 6 heteroatoms. The third-order valence-corrected chi connectivity index (χ3v) is 4.94. The summed E-state index contributed by atoms with van der Waals surface area (Å²) in [6.07, 6.45) is 13.0. The quantitative estimate of drug-likeness (QED) is 0.388. The fourth-order valence-electron chi connectivity index (χ4n) is 3.75. The van der Waals surface area contributed by atoms with Crippen molar-refractivity contribution in [1.29, 1.82) is 0 Å². The van der Waals surface area contributed by atoms with E-state index in [-0.39, 0.29) is 11.0 Å².